The smallest absolute Gasteiger partial charge is 0.0947 e. The second kappa shape index (κ2) is 3.63. The van der Waals surface area contributed by atoms with Crippen LogP contribution in [0.3, 0.4) is 0 Å². The van der Waals surface area contributed by atoms with Crippen molar-refractivity contribution >= 4 is 0 Å². The Hall–Kier alpha value is -1.29. The molecular weight excluding hydrogens is 230 g/mol. The Balaban J connectivity index is 1.82. The first-order valence-electron chi connectivity index (χ1n) is 7.63. The maximum Gasteiger partial charge on any atom is 0.0947 e. The third-order valence-corrected chi connectivity index (χ3v) is 6.37. The molecule has 4 aliphatic rings. The Bertz CT molecular complexity index is 559. The highest BCUT2D eigenvalue weighted by molar-refractivity contribution is 5.42. The molecule has 0 bridgehead atoms. The van der Waals surface area contributed by atoms with Gasteiger partial charge in [-0.1, -0.05) is 36.8 Å². The lowest BCUT2D eigenvalue weighted by atomic mass is 9.70. The van der Waals surface area contributed by atoms with Gasteiger partial charge in [0.1, 0.15) is 0 Å². The van der Waals surface area contributed by atoms with E-state index >= 15 is 0 Å². The second-order valence-electron chi connectivity index (χ2n) is 7.13. The number of allylic oxidation sites excluding steroid dienone is 5. The lowest BCUT2D eigenvalue weighted by molar-refractivity contribution is 0.304. The number of nitriles is 1. The predicted molar refractivity (Wildman–Crippen MR) is 76.1 cm³/mol. The van der Waals surface area contributed by atoms with E-state index in [0.29, 0.717) is 17.3 Å². The highest BCUT2D eigenvalue weighted by Gasteiger charge is 2.67. The van der Waals surface area contributed by atoms with Crippen molar-refractivity contribution in [3.05, 3.63) is 35.5 Å². The van der Waals surface area contributed by atoms with Crippen molar-refractivity contribution in [1.29, 1.82) is 5.26 Å². The summed E-state index contributed by atoms with van der Waals surface area (Å²) < 4.78 is 0. The van der Waals surface area contributed by atoms with E-state index in [2.05, 4.69) is 31.7 Å². The quantitative estimate of drug-likeness (QED) is 0.586. The van der Waals surface area contributed by atoms with Crippen molar-refractivity contribution in [1.82, 2.24) is 0 Å². The largest absolute Gasteiger partial charge is 0.193 e. The van der Waals surface area contributed by atoms with Crippen LogP contribution in [-0.2, 0) is 0 Å². The van der Waals surface area contributed by atoms with Gasteiger partial charge in [-0.2, -0.15) is 5.26 Å². The Morgan fingerprint density at radius 3 is 3.05 bits per heavy atom. The first-order valence-corrected chi connectivity index (χ1v) is 7.63. The Kier molecular flexibility index (Phi) is 2.20. The minimum atomic E-state index is 0.477. The van der Waals surface area contributed by atoms with Gasteiger partial charge >= 0.3 is 0 Å². The molecule has 5 atom stereocenters. The fourth-order valence-electron chi connectivity index (χ4n) is 5.42. The summed E-state index contributed by atoms with van der Waals surface area (Å²) in [4.78, 5) is 0. The number of hydrogen-bond donors (Lipinski definition) is 0. The molecule has 4 aliphatic carbocycles. The molecular formula is C18H21N. The minimum absolute atomic E-state index is 0.477. The van der Waals surface area contributed by atoms with Crippen molar-refractivity contribution in [3.63, 3.8) is 0 Å². The van der Waals surface area contributed by atoms with Gasteiger partial charge in [-0.3, -0.25) is 0 Å². The lowest BCUT2D eigenvalue weighted by Crippen LogP contribution is -2.25. The number of nitrogens with zero attached hydrogens (tertiary/aromatic N) is 1. The summed E-state index contributed by atoms with van der Waals surface area (Å²) in [5.41, 5.74) is 4.64. The van der Waals surface area contributed by atoms with E-state index in [1.54, 1.807) is 5.57 Å². The minimum Gasteiger partial charge on any atom is -0.193 e. The Labute approximate surface area is 115 Å². The zero-order valence-electron chi connectivity index (χ0n) is 11.7. The van der Waals surface area contributed by atoms with Crippen LogP contribution in [0, 0.1) is 40.4 Å². The van der Waals surface area contributed by atoms with Crippen molar-refractivity contribution < 1.29 is 0 Å². The maximum atomic E-state index is 9.51. The van der Waals surface area contributed by atoms with Crippen LogP contribution in [0.15, 0.2) is 35.5 Å². The molecule has 0 N–H and O–H groups in total. The normalized spacial score (nSPS) is 47.1. The highest BCUT2D eigenvalue weighted by atomic mass is 14.7. The molecule has 0 amide bonds. The summed E-state index contributed by atoms with van der Waals surface area (Å²) in [6, 6.07) is 2.51. The molecule has 2 fully saturated rings. The fraction of sp³-hybridized carbons (Fsp3) is 0.611. The molecule has 0 aromatic carbocycles. The Morgan fingerprint density at radius 1 is 1.42 bits per heavy atom. The zero-order valence-corrected chi connectivity index (χ0v) is 11.7. The van der Waals surface area contributed by atoms with Crippen molar-refractivity contribution in [2.45, 2.75) is 39.0 Å². The van der Waals surface area contributed by atoms with Gasteiger partial charge in [-0.05, 0) is 55.3 Å². The van der Waals surface area contributed by atoms with Gasteiger partial charge in [0, 0.05) is 11.5 Å². The molecule has 98 valence electrons. The molecule has 0 aromatic rings. The molecule has 0 aromatic heterocycles. The zero-order chi connectivity index (χ0) is 13.2. The summed E-state index contributed by atoms with van der Waals surface area (Å²) in [7, 11) is 0. The molecule has 0 spiro atoms. The molecule has 1 nitrogen and oxygen atoms in total. The van der Waals surface area contributed by atoms with E-state index in [-0.39, 0.29) is 0 Å². The van der Waals surface area contributed by atoms with Crippen LogP contribution in [0.2, 0.25) is 0 Å². The maximum absolute atomic E-state index is 9.51. The molecule has 0 saturated heterocycles. The average molecular weight is 251 g/mol. The van der Waals surface area contributed by atoms with Gasteiger partial charge in [-0.25, -0.2) is 0 Å². The summed E-state index contributed by atoms with van der Waals surface area (Å²) in [5, 5.41) is 9.51. The summed E-state index contributed by atoms with van der Waals surface area (Å²) in [5.74, 6) is 2.54. The van der Waals surface area contributed by atoms with Crippen LogP contribution in [0.5, 0.6) is 0 Å². The first-order chi connectivity index (χ1) is 9.16. The molecule has 2 saturated carbocycles. The summed E-state index contributed by atoms with van der Waals surface area (Å²) in [6.07, 6.45) is 10.6. The number of fused-ring (bicyclic) bond motifs is 3. The van der Waals surface area contributed by atoms with Gasteiger partial charge in [0.05, 0.1) is 6.07 Å². The monoisotopic (exact) mass is 251 g/mol. The standard InChI is InChI=1S/C18H21N/c1-11-5-6-13(10-19)15-14(11)8-7-12-4-3-9-18(2)16(12)17(15)18/h4,6,14-17H,1,3,5,7-9H2,2H3/t14-,15+,16+,17-,18+/m1/s1. The molecule has 19 heavy (non-hydrogen) atoms. The van der Waals surface area contributed by atoms with Gasteiger partial charge in [-0.15, -0.1) is 0 Å². The summed E-state index contributed by atoms with van der Waals surface area (Å²) >= 11 is 0. The van der Waals surface area contributed by atoms with Crippen LogP contribution in [0.4, 0.5) is 0 Å². The molecule has 0 radical (unpaired) electrons. The second-order valence-corrected chi connectivity index (χ2v) is 7.13. The molecule has 0 unspecified atom stereocenters. The van der Waals surface area contributed by atoms with Crippen molar-refractivity contribution in [2.24, 2.45) is 29.1 Å². The molecule has 0 heterocycles. The van der Waals surface area contributed by atoms with Crippen molar-refractivity contribution in [2.75, 3.05) is 0 Å². The lowest BCUT2D eigenvalue weighted by Gasteiger charge is -2.33. The van der Waals surface area contributed by atoms with Crippen LogP contribution in [-0.4, -0.2) is 0 Å². The van der Waals surface area contributed by atoms with Crippen LogP contribution < -0.4 is 0 Å². The molecule has 0 aliphatic heterocycles. The average Bonchev–Trinajstić information content (AvgIpc) is 3.07. The van der Waals surface area contributed by atoms with E-state index in [9.17, 15) is 5.26 Å². The SMILES string of the molecule is C=C1CC=C(C#N)[C@@H]2[C@@H]3[C@@H]4C(=CCC[C@]34C)CC[C@H]12. The third-order valence-electron chi connectivity index (χ3n) is 6.37. The van der Waals surface area contributed by atoms with Gasteiger partial charge in [0.2, 0.25) is 0 Å². The molecule has 1 heteroatoms. The third kappa shape index (κ3) is 1.35. The predicted octanol–water partition coefficient (Wildman–Crippen LogP) is 4.39. The first kappa shape index (κ1) is 11.5. The van der Waals surface area contributed by atoms with E-state index < -0.39 is 0 Å². The van der Waals surface area contributed by atoms with Gasteiger partial charge < -0.3 is 0 Å². The van der Waals surface area contributed by atoms with E-state index in [1.807, 2.05) is 0 Å². The van der Waals surface area contributed by atoms with Crippen LogP contribution >= 0.6 is 0 Å². The highest BCUT2D eigenvalue weighted by Crippen LogP contribution is 2.74. The number of rotatable bonds is 0. The van der Waals surface area contributed by atoms with Crippen molar-refractivity contribution in [3.8, 4) is 6.07 Å². The topological polar surface area (TPSA) is 23.8 Å². The van der Waals surface area contributed by atoms with Gasteiger partial charge in [0.15, 0.2) is 0 Å². The molecule has 4 rings (SSSR count). The van der Waals surface area contributed by atoms with Crippen LogP contribution in [0.25, 0.3) is 0 Å². The summed E-state index contributed by atoms with van der Waals surface area (Å²) in [6.45, 7) is 6.77. The fourth-order valence-corrected chi connectivity index (χ4v) is 5.42. The number of hydrogen-bond acceptors (Lipinski definition) is 1. The van der Waals surface area contributed by atoms with Crippen LogP contribution in [0.1, 0.15) is 39.0 Å². The van der Waals surface area contributed by atoms with E-state index in [4.69, 9.17) is 0 Å². The van der Waals surface area contributed by atoms with E-state index in [0.717, 1.165) is 23.8 Å². The Morgan fingerprint density at radius 2 is 2.26 bits per heavy atom. The van der Waals surface area contributed by atoms with E-state index in [1.165, 1.54) is 31.3 Å². The van der Waals surface area contributed by atoms with Gasteiger partial charge in [0.25, 0.3) is 0 Å².